The van der Waals surface area contributed by atoms with Crippen molar-refractivity contribution in [1.29, 1.82) is 0 Å². The molecule has 0 N–H and O–H groups in total. The summed E-state index contributed by atoms with van der Waals surface area (Å²) in [5.41, 5.74) is 1.17. The van der Waals surface area contributed by atoms with Gasteiger partial charge in [-0.2, -0.15) is 0 Å². The molecule has 0 aromatic carbocycles. The van der Waals surface area contributed by atoms with Gasteiger partial charge < -0.3 is 14.0 Å². The van der Waals surface area contributed by atoms with Crippen molar-refractivity contribution in [2.24, 2.45) is 28.6 Å². The largest absolute Gasteiger partial charge is 0.462 e. The smallest absolute Gasteiger partial charge is 0.302 e. The summed E-state index contributed by atoms with van der Waals surface area (Å²) < 4.78 is 12.1. The van der Waals surface area contributed by atoms with Gasteiger partial charge in [-0.15, -0.1) is 0 Å². The molecule has 0 aliphatic heterocycles. The molecule has 162 valence electrons. The SMILES string of the molecule is CC(=O)OC1CC[C@H]2[C@@H]3CCC4=CC(O[Si](C)(C)C)CC[C@]4(C=O)[C@@H]3CC[C@]12C. The minimum atomic E-state index is -1.59. The topological polar surface area (TPSA) is 52.6 Å². The first-order chi connectivity index (χ1) is 13.6. The van der Waals surface area contributed by atoms with Crippen molar-refractivity contribution in [1.82, 2.24) is 0 Å². The van der Waals surface area contributed by atoms with Gasteiger partial charge in [-0.05, 0) is 88.8 Å². The predicted octanol–water partition coefficient (Wildman–Crippen LogP) is 5.28. The zero-order valence-electron chi connectivity index (χ0n) is 18.8. The maximum atomic E-state index is 12.6. The molecule has 29 heavy (non-hydrogen) atoms. The second-order valence-corrected chi connectivity index (χ2v) is 15.8. The normalized spacial score (nSPS) is 44.2. The summed E-state index contributed by atoms with van der Waals surface area (Å²) in [7, 11) is -1.59. The van der Waals surface area contributed by atoms with Crippen LogP contribution in [0.2, 0.25) is 19.6 Å². The van der Waals surface area contributed by atoms with Crippen molar-refractivity contribution in [3.8, 4) is 0 Å². The first kappa shape index (κ1) is 21.3. The van der Waals surface area contributed by atoms with E-state index in [2.05, 4.69) is 32.6 Å². The van der Waals surface area contributed by atoms with E-state index in [0.717, 1.165) is 44.9 Å². The van der Waals surface area contributed by atoms with Crippen LogP contribution in [-0.2, 0) is 18.8 Å². The van der Waals surface area contributed by atoms with Gasteiger partial charge in [-0.1, -0.05) is 18.6 Å². The Morgan fingerprint density at radius 3 is 2.52 bits per heavy atom. The summed E-state index contributed by atoms with van der Waals surface area (Å²) >= 11 is 0. The average molecular weight is 419 g/mol. The predicted molar refractivity (Wildman–Crippen MR) is 116 cm³/mol. The summed E-state index contributed by atoms with van der Waals surface area (Å²) in [6, 6.07) is 0. The fraction of sp³-hybridized carbons (Fsp3) is 0.833. The van der Waals surface area contributed by atoms with E-state index in [1.54, 1.807) is 0 Å². The quantitative estimate of drug-likeness (QED) is 0.270. The van der Waals surface area contributed by atoms with Crippen molar-refractivity contribution >= 4 is 20.6 Å². The van der Waals surface area contributed by atoms with Gasteiger partial charge in [0.25, 0.3) is 0 Å². The summed E-state index contributed by atoms with van der Waals surface area (Å²) in [6.07, 6.45) is 12.2. The monoisotopic (exact) mass is 418 g/mol. The fourth-order valence-corrected chi connectivity index (χ4v) is 8.61. The van der Waals surface area contributed by atoms with Crippen LogP contribution in [-0.4, -0.2) is 32.8 Å². The van der Waals surface area contributed by atoms with E-state index in [1.807, 2.05) is 0 Å². The van der Waals surface area contributed by atoms with Gasteiger partial charge in [0.05, 0.1) is 11.5 Å². The van der Waals surface area contributed by atoms with Crippen LogP contribution in [0.3, 0.4) is 0 Å². The Hall–Kier alpha value is -0.943. The molecule has 0 heterocycles. The molecular weight excluding hydrogens is 380 g/mol. The minimum Gasteiger partial charge on any atom is -0.462 e. The Balaban J connectivity index is 1.59. The van der Waals surface area contributed by atoms with E-state index in [4.69, 9.17) is 9.16 Å². The number of ether oxygens (including phenoxy) is 1. The molecule has 4 aliphatic rings. The molecule has 0 aromatic heterocycles. The number of carbonyl (C=O) groups is 2. The van der Waals surface area contributed by atoms with E-state index in [0.29, 0.717) is 17.8 Å². The summed E-state index contributed by atoms with van der Waals surface area (Å²) in [4.78, 5) is 24.2. The van der Waals surface area contributed by atoms with Crippen molar-refractivity contribution in [3.05, 3.63) is 11.6 Å². The fourth-order valence-electron chi connectivity index (χ4n) is 7.51. The molecule has 0 bridgehead atoms. The molecule has 0 amide bonds. The number of hydrogen-bond acceptors (Lipinski definition) is 4. The van der Waals surface area contributed by atoms with Crippen LogP contribution in [0.4, 0.5) is 0 Å². The standard InChI is InChI=1S/C24H38O4Si/c1-16(26)27-22-9-8-20-19-7-6-17-14-18(28-29(3,4)5)10-13-24(17,15-25)21(19)11-12-23(20,22)2/h14-15,18-22H,6-13H2,1-5H3/t18?,19-,20-,21+,22?,23-,24+/m0/s1. The van der Waals surface area contributed by atoms with Crippen LogP contribution < -0.4 is 0 Å². The van der Waals surface area contributed by atoms with E-state index in [9.17, 15) is 9.59 Å². The average Bonchev–Trinajstić information content (AvgIpc) is 2.96. The lowest BCUT2D eigenvalue weighted by Crippen LogP contribution is -2.53. The molecule has 0 spiro atoms. The van der Waals surface area contributed by atoms with Crippen LogP contribution in [0.5, 0.6) is 0 Å². The lowest BCUT2D eigenvalue weighted by Gasteiger charge is -2.57. The van der Waals surface area contributed by atoms with Crippen LogP contribution in [0.25, 0.3) is 0 Å². The Labute approximate surface area is 176 Å². The third-order valence-corrected chi connectivity index (χ3v) is 9.62. The molecule has 0 aromatic rings. The number of fused-ring (bicyclic) bond motifs is 5. The van der Waals surface area contributed by atoms with Crippen LogP contribution in [0.1, 0.15) is 65.2 Å². The molecule has 4 rings (SSSR count). The lowest BCUT2D eigenvalue weighted by molar-refractivity contribution is -0.157. The van der Waals surface area contributed by atoms with Gasteiger partial charge in [-0.3, -0.25) is 4.79 Å². The highest BCUT2D eigenvalue weighted by atomic mass is 28.4. The van der Waals surface area contributed by atoms with E-state index >= 15 is 0 Å². The Kier molecular flexibility index (Phi) is 5.38. The van der Waals surface area contributed by atoms with Crippen LogP contribution in [0.15, 0.2) is 11.6 Å². The van der Waals surface area contributed by atoms with Crippen molar-refractivity contribution in [2.75, 3.05) is 0 Å². The molecule has 3 fully saturated rings. The highest BCUT2D eigenvalue weighted by molar-refractivity contribution is 6.69. The maximum absolute atomic E-state index is 12.6. The Bertz CT molecular complexity index is 710. The molecule has 4 aliphatic carbocycles. The van der Waals surface area contributed by atoms with Crippen LogP contribution >= 0.6 is 0 Å². The van der Waals surface area contributed by atoms with Crippen LogP contribution in [0, 0.1) is 28.6 Å². The summed E-state index contributed by atoms with van der Waals surface area (Å²) in [6.45, 7) is 10.6. The van der Waals surface area contributed by atoms with Gasteiger partial charge in [0.15, 0.2) is 8.32 Å². The van der Waals surface area contributed by atoms with Gasteiger partial charge >= 0.3 is 5.97 Å². The van der Waals surface area contributed by atoms with Gasteiger partial charge in [0.1, 0.15) is 12.4 Å². The van der Waals surface area contributed by atoms with Gasteiger partial charge in [0, 0.05) is 12.3 Å². The number of allylic oxidation sites excluding steroid dienone is 1. The van der Waals surface area contributed by atoms with Crippen molar-refractivity contribution in [3.63, 3.8) is 0 Å². The third-order valence-electron chi connectivity index (χ3n) is 8.61. The number of hydrogen-bond donors (Lipinski definition) is 0. The van der Waals surface area contributed by atoms with Crippen molar-refractivity contribution < 1.29 is 18.8 Å². The summed E-state index contributed by atoms with van der Waals surface area (Å²) in [5.74, 6) is 1.44. The molecule has 4 nitrogen and oxygen atoms in total. The maximum Gasteiger partial charge on any atom is 0.302 e. The molecule has 2 unspecified atom stereocenters. The second-order valence-electron chi connectivity index (χ2n) is 11.3. The highest BCUT2D eigenvalue weighted by Crippen LogP contribution is 2.65. The number of carbonyl (C=O) groups excluding carboxylic acids is 2. The molecule has 3 saturated carbocycles. The zero-order chi connectivity index (χ0) is 21.0. The number of aldehydes is 1. The van der Waals surface area contributed by atoms with Gasteiger partial charge in [0.2, 0.25) is 0 Å². The van der Waals surface area contributed by atoms with Crippen molar-refractivity contribution in [2.45, 2.75) is 97.1 Å². The van der Waals surface area contributed by atoms with E-state index in [1.165, 1.54) is 25.2 Å². The Morgan fingerprint density at radius 2 is 1.86 bits per heavy atom. The Morgan fingerprint density at radius 1 is 1.10 bits per heavy atom. The first-order valence-corrected chi connectivity index (χ1v) is 15.0. The molecule has 5 heteroatoms. The molecule has 0 radical (unpaired) electrons. The third kappa shape index (κ3) is 3.56. The molecular formula is C24H38O4Si. The number of rotatable bonds is 4. The molecule has 7 atom stereocenters. The van der Waals surface area contributed by atoms with Gasteiger partial charge in [-0.25, -0.2) is 0 Å². The highest BCUT2D eigenvalue weighted by Gasteiger charge is 2.61. The zero-order valence-corrected chi connectivity index (χ0v) is 19.8. The van der Waals surface area contributed by atoms with E-state index < -0.39 is 8.32 Å². The number of esters is 1. The summed E-state index contributed by atoms with van der Waals surface area (Å²) in [5, 5.41) is 0. The lowest BCUT2D eigenvalue weighted by atomic mass is 9.47. The minimum absolute atomic E-state index is 0.0518. The molecule has 0 saturated heterocycles. The first-order valence-electron chi connectivity index (χ1n) is 11.6. The second kappa shape index (κ2) is 7.33. The van der Waals surface area contributed by atoms with E-state index in [-0.39, 0.29) is 29.0 Å².